The quantitative estimate of drug-likeness (QED) is 0.452. The van der Waals surface area contributed by atoms with Gasteiger partial charge in [0.1, 0.15) is 5.69 Å². The van der Waals surface area contributed by atoms with E-state index in [1.165, 1.54) is 0 Å². The first-order chi connectivity index (χ1) is 9.74. The Morgan fingerprint density at radius 3 is 2.43 bits per heavy atom. The number of hydrogen-bond donors (Lipinski definition) is 1. The van der Waals surface area contributed by atoms with E-state index >= 15 is 0 Å². The highest BCUT2D eigenvalue weighted by molar-refractivity contribution is 7.85. The summed E-state index contributed by atoms with van der Waals surface area (Å²) in [7, 11) is -3.89. The van der Waals surface area contributed by atoms with Gasteiger partial charge in [-0.05, 0) is 62.6 Å². The standard InChI is InChI=1S/C14H22N2O4S/c1-11(2)16(8-4-5-9-21(18,19)20)13-6-7-14(15-17)12(3)10-13/h6-7,10-11H,4-5,8-9H2,1-3H3,(H,18,19,20). The molecule has 6 nitrogen and oxygen atoms in total. The highest BCUT2D eigenvalue weighted by atomic mass is 32.2. The largest absolute Gasteiger partial charge is 0.369 e. The zero-order valence-electron chi connectivity index (χ0n) is 12.6. The molecular formula is C14H22N2O4S. The second-order valence-corrected chi connectivity index (χ2v) is 6.91. The van der Waals surface area contributed by atoms with Crippen molar-refractivity contribution in [2.24, 2.45) is 5.18 Å². The molecule has 118 valence electrons. The van der Waals surface area contributed by atoms with E-state index in [-0.39, 0.29) is 11.8 Å². The van der Waals surface area contributed by atoms with Crippen molar-refractivity contribution < 1.29 is 13.0 Å². The molecule has 0 bridgehead atoms. The third kappa shape index (κ3) is 5.81. The Bertz CT molecular complexity index is 585. The lowest BCUT2D eigenvalue weighted by Crippen LogP contribution is -2.32. The molecule has 0 atom stereocenters. The molecule has 0 aromatic heterocycles. The molecular weight excluding hydrogens is 292 g/mol. The monoisotopic (exact) mass is 314 g/mol. The van der Waals surface area contributed by atoms with Crippen LogP contribution < -0.4 is 4.90 Å². The maximum Gasteiger partial charge on any atom is 0.264 e. The van der Waals surface area contributed by atoms with Gasteiger partial charge in [-0.15, -0.1) is 4.91 Å². The molecule has 1 rings (SSSR count). The van der Waals surface area contributed by atoms with E-state index in [0.29, 0.717) is 25.1 Å². The number of aryl methyl sites for hydroxylation is 1. The van der Waals surface area contributed by atoms with E-state index in [1.807, 2.05) is 32.9 Å². The molecule has 0 saturated heterocycles. The Balaban J connectivity index is 2.73. The summed E-state index contributed by atoms with van der Waals surface area (Å²) in [5.74, 6) is -0.216. The van der Waals surface area contributed by atoms with E-state index < -0.39 is 10.1 Å². The summed E-state index contributed by atoms with van der Waals surface area (Å²) in [5, 5.41) is 2.95. The highest BCUT2D eigenvalue weighted by Crippen LogP contribution is 2.26. The van der Waals surface area contributed by atoms with Crippen LogP contribution in [0.4, 0.5) is 11.4 Å². The van der Waals surface area contributed by atoms with Gasteiger partial charge < -0.3 is 4.90 Å². The molecule has 21 heavy (non-hydrogen) atoms. The molecule has 1 aromatic rings. The topological polar surface area (TPSA) is 87.0 Å². The molecule has 0 unspecified atom stereocenters. The van der Waals surface area contributed by atoms with Gasteiger partial charge in [-0.2, -0.15) is 8.42 Å². The van der Waals surface area contributed by atoms with Crippen molar-refractivity contribution >= 4 is 21.5 Å². The van der Waals surface area contributed by atoms with Crippen molar-refractivity contribution in [1.82, 2.24) is 0 Å². The Hall–Kier alpha value is -1.47. The molecule has 0 fully saturated rings. The van der Waals surface area contributed by atoms with E-state index in [9.17, 15) is 13.3 Å². The predicted octanol–water partition coefficient (Wildman–Crippen LogP) is 3.28. The molecule has 0 saturated carbocycles. The maximum absolute atomic E-state index is 10.7. The lowest BCUT2D eigenvalue weighted by Gasteiger charge is -2.29. The molecule has 1 aromatic carbocycles. The van der Waals surface area contributed by atoms with Crippen molar-refractivity contribution in [1.29, 1.82) is 0 Å². The number of nitroso groups, excluding NO2 is 1. The first-order valence-electron chi connectivity index (χ1n) is 6.90. The highest BCUT2D eigenvalue weighted by Gasteiger charge is 2.12. The van der Waals surface area contributed by atoms with Crippen molar-refractivity contribution in [2.75, 3.05) is 17.2 Å². The first kappa shape index (κ1) is 17.6. The Kier molecular flexibility index (Phi) is 6.29. The predicted molar refractivity (Wildman–Crippen MR) is 84.8 cm³/mol. The van der Waals surface area contributed by atoms with Crippen LogP contribution >= 0.6 is 0 Å². The third-order valence-corrected chi connectivity index (χ3v) is 4.09. The van der Waals surface area contributed by atoms with Crippen LogP contribution in [0.25, 0.3) is 0 Å². The summed E-state index contributed by atoms with van der Waals surface area (Å²) < 4.78 is 30.1. The number of rotatable bonds is 8. The summed E-state index contributed by atoms with van der Waals surface area (Å²) in [6.07, 6.45) is 1.07. The van der Waals surface area contributed by atoms with Gasteiger partial charge in [-0.25, -0.2) is 0 Å². The Morgan fingerprint density at radius 1 is 1.29 bits per heavy atom. The molecule has 1 N–H and O–H groups in total. The molecule has 0 aliphatic carbocycles. The molecule has 0 amide bonds. The summed E-state index contributed by atoms with van der Waals surface area (Å²) in [4.78, 5) is 12.7. The second-order valence-electron chi connectivity index (χ2n) is 5.34. The van der Waals surface area contributed by atoms with Crippen LogP contribution in [0.2, 0.25) is 0 Å². The van der Waals surface area contributed by atoms with E-state index in [0.717, 1.165) is 11.3 Å². The van der Waals surface area contributed by atoms with Crippen molar-refractivity contribution in [3.8, 4) is 0 Å². The zero-order chi connectivity index (χ0) is 16.0. The van der Waals surface area contributed by atoms with Gasteiger partial charge in [0.05, 0.1) is 5.75 Å². The number of hydrogen-bond acceptors (Lipinski definition) is 5. The average Bonchev–Trinajstić information content (AvgIpc) is 2.36. The Labute approximate surface area is 125 Å². The minimum Gasteiger partial charge on any atom is -0.369 e. The number of unbranched alkanes of at least 4 members (excludes halogenated alkanes) is 1. The van der Waals surface area contributed by atoms with Crippen LogP contribution in [0.15, 0.2) is 23.4 Å². The van der Waals surface area contributed by atoms with Gasteiger partial charge in [0.15, 0.2) is 0 Å². The Morgan fingerprint density at radius 2 is 1.95 bits per heavy atom. The first-order valence-corrected chi connectivity index (χ1v) is 8.51. The van der Waals surface area contributed by atoms with Crippen LogP contribution in [-0.2, 0) is 10.1 Å². The summed E-state index contributed by atoms with van der Waals surface area (Å²) in [6.45, 7) is 6.60. The van der Waals surface area contributed by atoms with Crippen molar-refractivity contribution in [3.05, 3.63) is 28.7 Å². The van der Waals surface area contributed by atoms with Crippen LogP contribution in [-0.4, -0.2) is 31.3 Å². The van der Waals surface area contributed by atoms with Crippen LogP contribution in [0.1, 0.15) is 32.3 Å². The van der Waals surface area contributed by atoms with Crippen LogP contribution in [0.5, 0.6) is 0 Å². The van der Waals surface area contributed by atoms with Gasteiger partial charge in [0.2, 0.25) is 0 Å². The molecule has 0 aliphatic heterocycles. The molecule has 7 heteroatoms. The third-order valence-electron chi connectivity index (χ3n) is 3.29. The number of nitrogens with zero attached hydrogens (tertiary/aromatic N) is 2. The molecule has 0 aliphatic rings. The van der Waals surface area contributed by atoms with Crippen molar-refractivity contribution in [2.45, 2.75) is 39.7 Å². The van der Waals surface area contributed by atoms with Crippen LogP contribution in [0, 0.1) is 11.8 Å². The van der Waals surface area contributed by atoms with Gasteiger partial charge in [-0.3, -0.25) is 4.55 Å². The lowest BCUT2D eigenvalue weighted by atomic mass is 10.1. The second kappa shape index (κ2) is 7.51. The molecule has 0 spiro atoms. The number of anilines is 1. The maximum atomic E-state index is 10.7. The van der Waals surface area contributed by atoms with E-state index in [4.69, 9.17) is 4.55 Å². The zero-order valence-corrected chi connectivity index (χ0v) is 13.4. The summed E-state index contributed by atoms with van der Waals surface area (Å²) in [6, 6.07) is 5.67. The SMILES string of the molecule is Cc1cc(N(CCCCS(=O)(=O)O)C(C)C)ccc1N=O. The fourth-order valence-electron chi connectivity index (χ4n) is 2.17. The van der Waals surface area contributed by atoms with Crippen molar-refractivity contribution in [3.63, 3.8) is 0 Å². The van der Waals surface area contributed by atoms with Gasteiger partial charge >= 0.3 is 0 Å². The smallest absolute Gasteiger partial charge is 0.264 e. The van der Waals surface area contributed by atoms with Crippen LogP contribution in [0.3, 0.4) is 0 Å². The van der Waals surface area contributed by atoms with Gasteiger partial charge in [-0.1, -0.05) is 0 Å². The fourth-order valence-corrected chi connectivity index (χ4v) is 2.74. The minimum atomic E-state index is -3.89. The summed E-state index contributed by atoms with van der Waals surface area (Å²) >= 11 is 0. The average molecular weight is 314 g/mol. The number of benzene rings is 1. The lowest BCUT2D eigenvalue weighted by molar-refractivity contribution is 0.479. The van der Waals surface area contributed by atoms with E-state index in [2.05, 4.69) is 10.1 Å². The minimum absolute atomic E-state index is 0.216. The normalized spacial score (nSPS) is 11.7. The fraction of sp³-hybridized carbons (Fsp3) is 0.571. The molecule has 0 radical (unpaired) electrons. The van der Waals surface area contributed by atoms with E-state index in [1.54, 1.807) is 6.07 Å². The van der Waals surface area contributed by atoms with Gasteiger partial charge in [0.25, 0.3) is 10.1 Å². The summed E-state index contributed by atoms with van der Waals surface area (Å²) in [5.41, 5.74) is 2.21. The molecule has 0 heterocycles. The van der Waals surface area contributed by atoms with Gasteiger partial charge in [0, 0.05) is 18.3 Å².